The van der Waals surface area contributed by atoms with Crippen molar-refractivity contribution in [2.75, 3.05) is 26.0 Å². The van der Waals surface area contributed by atoms with Gasteiger partial charge in [-0.05, 0) is 77.7 Å². The Hall–Kier alpha value is -1.72. The summed E-state index contributed by atoms with van der Waals surface area (Å²) in [7, 11) is 4.26. The van der Waals surface area contributed by atoms with Gasteiger partial charge in [0.05, 0.1) is 16.8 Å². The number of hydrogen-bond donors (Lipinski definition) is 1. The SMILES string of the molecule is CC(=O)c1cnc2ccc(Cl)nc2c1N[C@H]1CC[C@H](CCN(C)C)CC1. The van der Waals surface area contributed by atoms with E-state index in [1.54, 1.807) is 19.2 Å². The van der Waals surface area contributed by atoms with Crippen molar-refractivity contribution >= 4 is 34.1 Å². The molecule has 6 heteroatoms. The normalized spacial score (nSPS) is 20.5. The van der Waals surface area contributed by atoms with E-state index in [0.29, 0.717) is 22.3 Å². The molecule has 0 spiro atoms. The summed E-state index contributed by atoms with van der Waals surface area (Å²) < 4.78 is 0. The molecule has 5 nitrogen and oxygen atoms in total. The van der Waals surface area contributed by atoms with Gasteiger partial charge in [-0.2, -0.15) is 0 Å². The molecule has 1 saturated carbocycles. The molecule has 0 aromatic carbocycles. The molecule has 140 valence electrons. The van der Waals surface area contributed by atoms with Crippen molar-refractivity contribution in [1.82, 2.24) is 14.9 Å². The number of rotatable bonds is 6. The lowest BCUT2D eigenvalue weighted by atomic mass is 9.84. The number of ketones is 1. The molecule has 2 heterocycles. The minimum atomic E-state index is -0.0108. The summed E-state index contributed by atoms with van der Waals surface area (Å²) in [6.45, 7) is 2.71. The third-order valence-corrected chi connectivity index (χ3v) is 5.45. The fourth-order valence-electron chi connectivity index (χ4n) is 3.70. The second kappa shape index (κ2) is 8.31. The zero-order valence-electron chi connectivity index (χ0n) is 15.8. The number of nitrogens with zero attached hydrogens (tertiary/aromatic N) is 3. The van der Waals surface area contributed by atoms with Crippen LogP contribution < -0.4 is 5.32 Å². The second-order valence-corrected chi connectivity index (χ2v) is 7.95. The highest BCUT2D eigenvalue weighted by Crippen LogP contribution is 2.32. The summed E-state index contributed by atoms with van der Waals surface area (Å²) >= 11 is 6.09. The Morgan fingerprint density at radius 2 is 2.00 bits per heavy atom. The molecule has 1 aliphatic rings. The van der Waals surface area contributed by atoms with Crippen molar-refractivity contribution in [3.05, 3.63) is 29.0 Å². The van der Waals surface area contributed by atoms with Gasteiger partial charge in [-0.1, -0.05) is 11.6 Å². The number of halogens is 1. The second-order valence-electron chi connectivity index (χ2n) is 7.56. The van der Waals surface area contributed by atoms with E-state index in [1.165, 1.54) is 19.3 Å². The lowest BCUT2D eigenvalue weighted by Crippen LogP contribution is -2.28. The van der Waals surface area contributed by atoms with Crippen molar-refractivity contribution < 1.29 is 4.79 Å². The van der Waals surface area contributed by atoms with Gasteiger partial charge in [0.1, 0.15) is 10.7 Å². The van der Waals surface area contributed by atoms with Crippen LogP contribution in [0, 0.1) is 5.92 Å². The number of Topliss-reactive ketones (excluding diaryl/α,β-unsaturated/α-hetero) is 1. The average Bonchev–Trinajstić information content (AvgIpc) is 2.61. The third kappa shape index (κ3) is 4.51. The minimum absolute atomic E-state index is 0.0108. The lowest BCUT2D eigenvalue weighted by molar-refractivity contribution is 0.101. The summed E-state index contributed by atoms with van der Waals surface area (Å²) in [6.07, 6.45) is 7.56. The molecule has 2 aromatic rings. The van der Waals surface area contributed by atoms with Gasteiger partial charge >= 0.3 is 0 Å². The van der Waals surface area contributed by atoms with E-state index >= 15 is 0 Å². The summed E-state index contributed by atoms with van der Waals surface area (Å²) in [4.78, 5) is 23.1. The molecular weight excluding hydrogens is 348 g/mol. The Morgan fingerprint density at radius 3 is 2.65 bits per heavy atom. The highest BCUT2D eigenvalue weighted by atomic mass is 35.5. The average molecular weight is 375 g/mol. The Morgan fingerprint density at radius 1 is 1.27 bits per heavy atom. The maximum atomic E-state index is 12.1. The van der Waals surface area contributed by atoms with E-state index in [4.69, 9.17) is 11.6 Å². The topological polar surface area (TPSA) is 58.1 Å². The summed E-state index contributed by atoms with van der Waals surface area (Å²) in [5.74, 6) is 0.785. The van der Waals surface area contributed by atoms with Crippen LogP contribution in [0.1, 0.15) is 49.4 Å². The van der Waals surface area contributed by atoms with Crippen molar-refractivity contribution in [2.24, 2.45) is 5.92 Å². The van der Waals surface area contributed by atoms with Crippen LogP contribution >= 0.6 is 11.6 Å². The predicted octanol–water partition coefficient (Wildman–Crippen LogP) is 4.41. The maximum absolute atomic E-state index is 12.1. The quantitative estimate of drug-likeness (QED) is 0.599. The van der Waals surface area contributed by atoms with Crippen LogP contribution in [0.2, 0.25) is 5.15 Å². The fourth-order valence-corrected chi connectivity index (χ4v) is 3.84. The van der Waals surface area contributed by atoms with E-state index in [1.807, 2.05) is 6.07 Å². The standard InChI is InChI=1S/C20H27ClN4O/c1-13(26)16-12-22-17-8-9-18(21)24-20(17)19(16)23-15-6-4-14(5-7-15)10-11-25(2)3/h8-9,12,14-15H,4-7,10-11H2,1-3H3,(H,22,23)/t14-,15-. The zero-order valence-corrected chi connectivity index (χ0v) is 16.5. The van der Waals surface area contributed by atoms with Crippen molar-refractivity contribution in [2.45, 2.75) is 45.1 Å². The molecule has 3 rings (SSSR count). The first-order valence-corrected chi connectivity index (χ1v) is 9.69. The van der Waals surface area contributed by atoms with Gasteiger partial charge in [0.15, 0.2) is 5.78 Å². The van der Waals surface area contributed by atoms with Crippen LogP contribution in [0.25, 0.3) is 11.0 Å². The molecule has 0 aliphatic heterocycles. The van der Waals surface area contributed by atoms with Gasteiger partial charge in [-0.15, -0.1) is 0 Å². The molecule has 0 atom stereocenters. The molecule has 2 aromatic heterocycles. The lowest BCUT2D eigenvalue weighted by Gasteiger charge is -2.31. The van der Waals surface area contributed by atoms with Crippen molar-refractivity contribution in [3.8, 4) is 0 Å². The number of carbonyl (C=O) groups excluding carboxylic acids is 1. The third-order valence-electron chi connectivity index (χ3n) is 5.24. The van der Waals surface area contributed by atoms with Crippen LogP contribution in [-0.2, 0) is 0 Å². The number of hydrogen-bond acceptors (Lipinski definition) is 5. The first-order valence-electron chi connectivity index (χ1n) is 9.31. The highest BCUT2D eigenvalue weighted by molar-refractivity contribution is 6.30. The van der Waals surface area contributed by atoms with Crippen LogP contribution in [0.15, 0.2) is 18.3 Å². The van der Waals surface area contributed by atoms with Crippen LogP contribution in [0.4, 0.5) is 5.69 Å². The molecule has 0 saturated heterocycles. The fraction of sp³-hybridized carbons (Fsp3) is 0.550. The van der Waals surface area contributed by atoms with E-state index in [-0.39, 0.29) is 5.78 Å². The van der Waals surface area contributed by atoms with E-state index in [2.05, 4.69) is 34.3 Å². The predicted molar refractivity (Wildman–Crippen MR) is 107 cm³/mol. The van der Waals surface area contributed by atoms with Gasteiger partial charge in [-0.25, -0.2) is 4.98 Å². The molecule has 1 fully saturated rings. The number of pyridine rings is 2. The van der Waals surface area contributed by atoms with E-state index in [0.717, 1.165) is 36.5 Å². The van der Waals surface area contributed by atoms with Gasteiger partial charge in [0.2, 0.25) is 0 Å². The number of fused-ring (bicyclic) bond motifs is 1. The molecule has 26 heavy (non-hydrogen) atoms. The van der Waals surface area contributed by atoms with Crippen LogP contribution in [-0.4, -0.2) is 47.3 Å². The van der Waals surface area contributed by atoms with Gasteiger partial charge in [0, 0.05) is 12.2 Å². The molecule has 0 bridgehead atoms. The zero-order chi connectivity index (χ0) is 18.7. The first-order chi connectivity index (χ1) is 12.4. The Labute approximate surface area is 160 Å². The van der Waals surface area contributed by atoms with Gasteiger partial charge in [-0.3, -0.25) is 9.78 Å². The number of carbonyl (C=O) groups is 1. The number of anilines is 1. The summed E-state index contributed by atoms with van der Waals surface area (Å²) in [5, 5.41) is 4.01. The summed E-state index contributed by atoms with van der Waals surface area (Å²) in [6, 6.07) is 3.93. The van der Waals surface area contributed by atoms with Crippen LogP contribution in [0.3, 0.4) is 0 Å². The van der Waals surface area contributed by atoms with Gasteiger partial charge in [0.25, 0.3) is 0 Å². The largest absolute Gasteiger partial charge is 0.380 e. The van der Waals surface area contributed by atoms with Crippen LogP contribution in [0.5, 0.6) is 0 Å². The molecule has 1 aliphatic carbocycles. The first kappa shape index (κ1) is 19.1. The maximum Gasteiger partial charge on any atom is 0.163 e. The van der Waals surface area contributed by atoms with E-state index in [9.17, 15) is 4.79 Å². The van der Waals surface area contributed by atoms with Gasteiger partial charge < -0.3 is 10.2 Å². The molecule has 0 amide bonds. The molecular formula is C20H27ClN4O. The Bertz CT molecular complexity index is 785. The molecule has 1 N–H and O–H groups in total. The monoisotopic (exact) mass is 374 g/mol. The number of nitrogens with one attached hydrogen (secondary N) is 1. The van der Waals surface area contributed by atoms with E-state index < -0.39 is 0 Å². The highest BCUT2D eigenvalue weighted by Gasteiger charge is 2.23. The van der Waals surface area contributed by atoms with Crippen molar-refractivity contribution in [1.29, 1.82) is 0 Å². The Balaban J connectivity index is 1.77. The van der Waals surface area contributed by atoms with Crippen molar-refractivity contribution in [3.63, 3.8) is 0 Å². The minimum Gasteiger partial charge on any atom is -0.380 e. The summed E-state index contributed by atoms with van der Waals surface area (Å²) in [5.41, 5.74) is 2.80. The molecule has 0 radical (unpaired) electrons. The Kier molecular flexibility index (Phi) is 6.09. The smallest absolute Gasteiger partial charge is 0.163 e. The number of aromatic nitrogens is 2. The molecule has 0 unspecified atom stereocenters.